The molecule has 0 spiro atoms. The molecule has 5 nitrogen and oxygen atoms in total. The molecule has 1 aromatic rings. The van der Waals surface area contributed by atoms with E-state index in [0.717, 1.165) is 12.8 Å². The lowest BCUT2D eigenvalue weighted by Crippen LogP contribution is -2.36. The molecule has 1 aliphatic carbocycles. The van der Waals surface area contributed by atoms with Gasteiger partial charge in [-0.3, -0.25) is 9.59 Å². The number of nitrogens with one attached hydrogen (secondary N) is 1. The third kappa shape index (κ3) is 1.63. The van der Waals surface area contributed by atoms with E-state index in [1.54, 1.807) is 23.1 Å². The SMILES string of the molecule is Nc1cccc2c1C(=O)N(C1CC1)CC(=O)N2. The smallest absolute Gasteiger partial charge is 0.258 e. The minimum absolute atomic E-state index is 0.123. The number of rotatable bonds is 1. The Morgan fingerprint density at radius 3 is 2.76 bits per heavy atom. The van der Waals surface area contributed by atoms with E-state index in [9.17, 15) is 9.59 Å². The zero-order chi connectivity index (χ0) is 12.0. The summed E-state index contributed by atoms with van der Waals surface area (Å²) in [5.41, 5.74) is 7.19. The normalized spacial score (nSPS) is 19.6. The molecular formula is C12H13N3O2. The fourth-order valence-electron chi connectivity index (χ4n) is 2.15. The molecule has 2 amide bonds. The fourth-order valence-corrected chi connectivity index (χ4v) is 2.15. The second kappa shape index (κ2) is 3.48. The van der Waals surface area contributed by atoms with Crippen LogP contribution in [0.4, 0.5) is 11.4 Å². The standard InChI is InChI=1S/C12H13N3O2/c13-8-2-1-3-9-11(8)12(17)15(7-4-5-7)6-10(16)14-9/h1-3,7H,4-6,13H2,(H,14,16). The van der Waals surface area contributed by atoms with Crippen LogP contribution in [0.15, 0.2) is 18.2 Å². The Hall–Kier alpha value is -2.04. The van der Waals surface area contributed by atoms with Gasteiger partial charge >= 0.3 is 0 Å². The number of anilines is 2. The van der Waals surface area contributed by atoms with Crippen molar-refractivity contribution in [3.63, 3.8) is 0 Å². The lowest BCUT2D eigenvalue weighted by molar-refractivity contribution is -0.116. The molecule has 5 heteroatoms. The first-order chi connectivity index (χ1) is 8.16. The highest BCUT2D eigenvalue weighted by Gasteiger charge is 2.37. The van der Waals surface area contributed by atoms with E-state index >= 15 is 0 Å². The lowest BCUT2D eigenvalue weighted by atomic mass is 10.1. The first kappa shape index (κ1) is 10.1. The Bertz CT molecular complexity index is 508. The number of amides is 2. The van der Waals surface area contributed by atoms with Gasteiger partial charge in [0.1, 0.15) is 6.54 Å². The van der Waals surface area contributed by atoms with E-state index in [-0.39, 0.29) is 24.4 Å². The van der Waals surface area contributed by atoms with Gasteiger partial charge in [0.25, 0.3) is 5.91 Å². The van der Waals surface area contributed by atoms with Gasteiger partial charge in [-0.15, -0.1) is 0 Å². The highest BCUT2D eigenvalue weighted by atomic mass is 16.2. The summed E-state index contributed by atoms with van der Waals surface area (Å²) in [7, 11) is 0. The second-order valence-corrected chi connectivity index (χ2v) is 4.48. The minimum atomic E-state index is -0.158. The molecule has 0 radical (unpaired) electrons. The summed E-state index contributed by atoms with van der Waals surface area (Å²) < 4.78 is 0. The molecule has 1 fully saturated rings. The van der Waals surface area contributed by atoms with Crippen LogP contribution in [-0.4, -0.2) is 29.3 Å². The number of carbonyl (C=O) groups excluding carboxylic acids is 2. The molecule has 2 aliphatic rings. The van der Waals surface area contributed by atoms with Crippen molar-refractivity contribution in [2.75, 3.05) is 17.6 Å². The summed E-state index contributed by atoms with van der Waals surface area (Å²) in [6.07, 6.45) is 1.95. The zero-order valence-corrected chi connectivity index (χ0v) is 9.27. The van der Waals surface area contributed by atoms with Crippen LogP contribution in [0.2, 0.25) is 0 Å². The molecular weight excluding hydrogens is 218 g/mol. The van der Waals surface area contributed by atoms with Crippen molar-refractivity contribution in [1.82, 2.24) is 4.90 Å². The summed E-state index contributed by atoms with van der Waals surface area (Å²) >= 11 is 0. The third-order valence-electron chi connectivity index (χ3n) is 3.15. The molecule has 88 valence electrons. The topological polar surface area (TPSA) is 75.4 Å². The van der Waals surface area contributed by atoms with Gasteiger partial charge in [-0.05, 0) is 25.0 Å². The number of nitrogen functional groups attached to an aromatic ring is 1. The van der Waals surface area contributed by atoms with Crippen LogP contribution in [0.1, 0.15) is 23.2 Å². The molecule has 3 N–H and O–H groups in total. The van der Waals surface area contributed by atoms with Gasteiger partial charge in [-0.1, -0.05) is 6.07 Å². The average molecular weight is 231 g/mol. The van der Waals surface area contributed by atoms with Crippen molar-refractivity contribution in [2.45, 2.75) is 18.9 Å². The van der Waals surface area contributed by atoms with Crippen LogP contribution in [-0.2, 0) is 4.79 Å². The quantitative estimate of drug-likeness (QED) is 0.703. The van der Waals surface area contributed by atoms with Gasteiger partial charge in [0.05, 0.1) is 11.3 Å². The molecule has 0 saturated heterocycles. The summed E-state index contributed by atoms with van der Waals surface area (Å²) in [4.78, 5) is 25.7. The predicted octanol–water partition coefficient (Wildman–Crippen LogP) is 0.825. The Kier molecular flexibility index (Phi) is 2.07. The molecule has 0 aromatic heterocycles. The van der Waals surface area contributed by atoms with Crippen molar-refractivity contribution in [2.24, 2.45) is 0 Å². The summed E-state index contributed by atoms with van der Waals surface area (Å²) in [5.74, 6) is -0.298. The fraction of sp³-hybridized carbons (Fsp3) is 0.333. The number of carbonyl (C=O) groups is 2. The molecule has 3 rings (SSSR count). The molecule has 1 aliphatic heterocycles. The number of hydrogen-bond donors (Lipinski definition) is 2. The molecule has 1 saturated carbocycles. The van der Waals surface area contributed by atoms with Crippen LogP contribution in [0.25, 0.3) is 0 Å². The molecule has 17 heavy (non-hydrogen) atoms. The van der Waals surface area contributed by atoms with Crippen LogP contribution in [0.5, 0.6) is 0 Å². The summed E-state index contributed by atoms with van der Waals surface area (Å²) in [5, 5.41) is 2.72. The van der Waals surface area contributed by atoms with E-state index in [4.69, 9.17) is 5.73 Å². The van der Waals surface area contributed by atoms with E-state index in [0.29, 0.717) is 16.9 Å². The highest BCUT2D eigenvalue weighted by molar-refractivity contribution is 6.11. The van der Waals surface area contributed by atoms with Crippen LogP contribution >= 0.6 is 0 Å². The van der Waals surface area contributed by atoms with Crippen molar-refractivity contribution < 1.29 is 9.59 Å². The van der Waals surface area contributed by atoms with E-state index in [2.05, 4.69) is 5.32 Å². The Morgan fingerprint density at radius 1 is 1.29 bits per heavy atom. The van der Waals surface area contributed by atoms with Crippen LogP contribution in [0.3, 0.4) is 0 Å². The first-order valence-electron chi connectivity index (χ1n) is 5.66. The van der Waals surface area contributed by atoms with Gasteiger partial charge in [-0.25, -0.2) is 0 Å². The van der Waals surface area contributed by atoms with Crippen molar-refractivity contribution in [1.29, 1.82) is 0 Å². The summed E-state index contributed by atoms with van der Waals surface area (Å²) in [6.45, 7) is 0.123. The van der Waals surface area contributed by atoms with Gasteiger partial charge in [0.15, 0.2) is 0 Å². The third-order valence-corrected chi connectivity index (χ3v) is 3.15. The summed E-state index contributed by atoms with van der Waals surface area (Å²) in [6, 6.07) is 5.32. The van der Waals surface area contributed by atoms with Gasteiger partial charge in [-0.2, -0.15) is 0 Å². The Morgan fingerprint density at radius 2 is 2.06 bits per heavy atom. The van der Waals surface area contributed by atoms with E-state index in [1.165, 1.54) is 0 Å². The Labute approximate surface area is 98.6 Å². The second-order valence-electron chi connectivity index (χ2n) is 4.48. The maximum Gasteiger partial charge on any atom is 0.258 e. The van der Waals surface area contributed by atoms with E-state index < -0.39 is 0 Å². The molecule has 0 bridgehead atoms. The largest absolute Gasteiger partial charge is 0.398 e. The van der Waals surface area contributed by atoms with Gasteiger partial charge in [0.2, 0.25) is 5.91 Å². The lowest BCUT2D eigenvalue weighted by Gasteiger charge is -2.19. The van der Waals surface area contributed by atoms with Crippen molar-refractivity contribution in [3.05, 3.63) is 23.8 Å². The predicted molar refractivity (Wildman–Crippen MR) is 63.5 cm³/mol. The molecule has 1 aromatic carbocycles. The van der Waals surface area contributed by atoms with Gasteiger partial charge in [0, 0.05) is 11.7 Å². The minimum Gasteiger partial charge on any atom is -0.398 e. The molecule has 1 heterocycles. The van der Waals surface area contributed by atoms with Crippen molar-refractivity contribution in [3.8, 4) is 0 Å². The molecule has 0 atom stereocenters. The Balaban J connectivity index is 2.10. The number of benzene rings is 1. The van der Waals surface area contributed by atoms with Crippen LogP contribution in [0, 0.1) is 0 Å². The number of nitrogens with two attached hydrogens (primary N) is 1. The number of fused-ring (bicyclic) bond motifs is 1. The van der Waals surface area contributed by atoms with Crippen LogP contribution < -0.4 is 11.1 Å². The molecule has 0 unspecified atom stereocenters. The monoisotopic (exact) mass is 231 g/mol. The highest BCUT2D eigenvalue weighted by Crippen LogP contribution is 2.33. The van der Waals surface area contributed by atoms with Gasteiger partial charge < -0.3 is 16.0 Å². The average Bonchev–Trinajstić information content (AvgIpc) is 3.08. The van der Waals surface area contributed by atoms with E-state index in [1.807, 2.05) is 0 Å². The first-order valence-corrected chi connectivity index (χ1v) is 5.66. The number of hydrogen-bond acceptors (Lipinski definition) is 3. The zero-order valence-electron chi connectivity index (χ0n) is 9.27. The maximum atomic E-state index is 12.3. The van der Waals surface area contributed by atoms with Crippen molar-refractivity contribution >= 4 is 23.2 Å². The number of nitrogens with zero attached hydrogens (tertiary/aromatic N) is 1. The maximum absolute atomic E-state index is 12.3.